The number of rotatable bonds is 12. The molecular weight excluding hydrogens is 997 g/mol. The van der Waals surface area contributed by atoms with Crippen LogP contribution in [0.4, 0.5) is 79.6 Å². The monoisotopic (exact) mass is 1060 g/mol. The van der Waals surface area contributed by atoms with Gasteiger partial charge in [0, 0.05) is 88.9 Å². The molecule has 0 spiro atoms. The molecule has 0 unspecified atom stereocenters. The average Bonchev–Trinajstić information content (AvgIpc) is 4.42. The topological polar surface area (TPSA) is 70.2 Å². The van der Waals surface area contributed by atoms with Crippen LogP contribution in [0.1, 0.15) is 4.11 Å². The molecule has 14 heteroatoms. The van der Waals surface area contributed by atoms with Gasteiger partial charge in [-0.25, -0.2) is 0 Å². The predicted octanol–water partition coefficient (Wildman–Crippen LogP) is 14.7. The number of nitrogens with zero attached hydrogens (tertiary/aromatic N) is 10. The summed E-state index contributed by atoms with van der Waals surface area (Å²) in [6.07, 6.45) is 7.09. The van der Waals surface area contributed by atoms with Gasteiger partial charge in [-0.15, -0.1) is 0 Å². The zero-order valence-corrected chi connectivity index (χ0v) is 47.1. The van der Waals surface area contributed by atoms with E-state index in [1.54, 1.807) is 12.4 Å². The molecule has 0 amide bonds. The Morgan fingerprint density at radius 1 is 0.359 bits per heavy atom. The highest BCUT2D eigenvalue weighted by atomic mass is 28.3. The predicted molar refractivity (Wildman–Crippen MR) is 329 cm³/mol. The number of benzene rings is 7. The number of pyridine rings is 2. The Hall–Kier alpha value is -8.73. The Morgan fingerprint density at radius 2 is 0.731 bits per heavy atom. The van der Waals surface area contributed by atoms with Crippen molar-refractivity contribution in [2.75, 3.05) is 79.9 Å². The summed E-state index contributed by atoms with van der Waals surface area (Å²) in [6, 6.07) is 60.0. The van der Waals surface area contributed by atoms with Gasteiger partial charge in [-0.05, 0) is 109 Å². The molecule has 0 atom stereocenters. The van der Waals surface area contributed by atoms with E-state index >= 15 is 0 Å². The Bertz CT molecular complexity index is 3870. The molecule has 0 radical (unpaired) electrons. The summed E-state index contributed by atoms with van der Waals surface area (Å²) in [5.41, 5.74) is 14.4. The highest BCUT2D eigenvalue weighted by Crippen LogP contribution is 2.49. The van der Waals surface area contributed by atoms with Crippen molar-refractivity contribution in [2.45, 2.75) is 39.3 Å². The highest BCUT2D eigenvalue weighted by Gasteiger charge is 2.33. The number of hydrogen-bond acceptors (Lipinski definition) is 12. The molecule has 78 heavy (non-hydrogen) atoms. The fraction of sp³-hybridized carbons (Fsp3) is 0.188. The van der Waals surface area contributed by atoms with Crippen molar-refractivity contribution in [1.29, 1.82) is 0 Å². The molecule has 2 aromatic heterocycles. The van der Waals surface area contributed by atoms with Gasteiger partial charge in [0.05, 0.1) is 87.4 Å². The first-order chi connectivity index (χ1) is 38.9. The molecule has 0 bridgehead atoms. The first-order valence-corrected chi connectivity index (χ1v) is 33.6. The maximum absolute atomic E-state index is 8.21. The summed E-state index contributed by atoms with van der Waals surface area (Å²) in [5.74, 6) is 3.02. The van der Waals surface area contributed by atoms with Crippen molar-refractivity contribution in [3.8, 4) is 23.0 Å². The smallest absolute Gasteiger partial charge is 0.129 e. The molecular formula is C64H64N10O2Si2. The van der Waals surface area contributed by atoms with E-state index < -0.39 is 23.1 Å². The van der Waals surface area contributed by atoms with Crippen LogP contribution in [0.2, 0.25) is 39.3 Å². The van der Waals surface area contributed by atoms with E-state index in [4.69, 9.17) is 13.6 Å². The van der Waals surface area contributed by atoms with Gasteiger partial charge in [0.25, 0.3) is 0 Å². The van der Waals surface area contributed by atoms with Gasteiger partial charge in [0.2, 0.25) is 0 Å². The third-order valence-corrected chi connectivity index (χ3v) is 19.4. The molecule has 0 saturated heterocycles. The molecule has 7 aromatic carbocycles. The van der Waals surface area contributed by atoms with E-state index in [1.165, 1.54) is 15.3 Å². The minimum atomic E-state index is -2.32. The van der Waals surface area contributed by atoms with E-state index in [2.05, 4.69) is 219 Å². The van der Waals surface area contributed by atoms with Crippen molar-refractivity contribution in [3.63, 3.8) is 0 Å². The molecule has 13 rings (SSSR count). The lowest BCUT2D eigenvalue weighted by atomic mass is 10.2. The van der Waals surface area contributed by atoms with E-state index in [0.717, 1.165) is 97.9 Å². The van der Waals surface area contributed by atoms with E-state index in [9.17, 15) is 0 Å². The van der Waals surface area contributed by atoms with Crippen LogP contribution in [-0.2, 0) is 0 Å². The molecule has 4 aliphatic heterocycles. The van der Waals surface area contributed by atoms with E-state index in [0.29, 0.717) is 24.8 Å². The third kappa shape index (κ3) is 8.99. The van der Waals surface area contributed by atoms with Gasteiger partial charge in [0.15, 0.2) is 0 Å². The second kappa shape index (κ2) is 19.1. The van der Waals surface area contributed by atoms with E-state index in [1.807, 2.05) is 53.7 Å². The number of anilines is 14. The van der Waals surface area contributed by atoms with E-state index in [-0.39, 0.29) is 6.67 Å². The zero-order chi connectivity index (χ0) is 56.0. The molecule has 6 heterocycles. The standard InChI is InChI=1S/C64H64N10O2Si2/c1-67-41-69(61-27-29-65-39-63(61)67)47-15-13-17-51(31-47)75-53-33-49(35-55(37-53)77(3,4)5)73-43-71(57-19-9-11-21-59(57)73)45-23-25-46(26-24-45)72-44-74(60-22-12-10-20-58(60)72)50-34-54(38-56(36-50)78(6,7)8)76-52-18-14-16-48(32-52)70-42-68(2)64-40-66-30-28-62(64)70/h9-40H,41-44H2,1-8H3/i1D3. The quantitative estimate of drug-likeness (QED) is 0.109. The summed E-state index contributed by atoms with van der Waals surface area (Å²) in [6.45, 7) is 14.1. The van der Waals surface area contributed by atoms with Crippen LogP contribution in [-0.4, -0.2) is 66.8 Å². The summed E-state index contributed by atoms with van der Waals surface area (Å²) >= 11 is 0. The summed E-state index contributed by atoms with van der Waals surface area (Å²) < 4.78 is 38.3. The van der Waals surface area contributed by atoms with Crippen LogP contribution in [0.3, 0.4) is 0 Å². The molecule has 9 aromatic rings. The first-order valence-electron chi connectivity index (χ1n) is 28.1. The van der Waals surface area contributed by atoms with Crippen LogP contribution in [0.15, 0.2) is 195 Å². The van der Waals surface area contributed by atoms with Crippen LogP contribution >= 0.6 is 0 Å². The Kier molecular flexibility index (Phi) is 11.1. The number of para-hydroxylation sites is 4. The normalized spacial score (nSPS) is 15.5. The van der Waals surface area contributed by atoms with Gasteiger partial charge >= 0.3 is 0 Å². The minimum absolute atomic E-state index is 0.171. The van der Waals surface area contributed by atoms with Gasteiger partial charge in [0.1, 0.15) is 36.3 Å². The van der Waals surface area contributed by atoms with Crippen molar-refractivity contribution < 1.29 is 13.6 Å². The number of aromatic nitrogens is 2. The first kappa shape index (κ1) is 45.5. The highest BCUT2D eigenvalue weighted by molar-refractivity contribution is 6.89. The molecule has 0 saturated carbocycles. The SMILES string of the molecule is [2H]C([2H])([2H])N1CN(c2cccc(Oc3cc(N4CN(c5ccc(N6CN(c7cc(Oc8cccc(N9CN(C)c%10cnccc%109)c8)cc([Si](C)(C)C)c7)c7ccccc76)cc5)c5ccccc54)cc([Si](C)(C)C)c3)c2)c2ccncc21. The summed E-state index contributed by atoms with van der Waals surface area (Å²) in [4.78, 5) is 26.1. The molecule has 0 fully saturated rings. The van der Waals surface area contributed by atoms with Crippen LogP contribution in [0, 0.1) is 0 Å². The summed E-state index contributed by atoms with van der Waals surface area (Å²) in [5, 5.41) is 2.60. The number of ether oxygens (including phenoxy) is 2. The fourth-order valence-corrected chi connectivity index (χ4v) is 13.4. The van der Waals surface area contributed by atoms with Crippen molar-refractivity contribution in [2.24, 2.45) is 0 Å². The lowest BCUT2D eigenvalue weighted by Crippen LogP contribution is -2.38. The average molecular weight is 1060 g/mol. The maximum Gasteiger partial charge on any atom is 0.129 e. The van der Waals surface area contributed by atoms with Gasteiger partial charge < -0.3 is 48.7 Å². The summed E-state index contributed by atoms with van der Waals surface area (Å²) in [7, 11) is -1.58. The lowest BCUT2D eigenvalue weighted by Gasteiger charge is -2.27. The Labute approximate surface area is 464 Å². The second-order valence-electron chi connectivity index (χ2n) is 22.6. The molecule has 4 aliphatic rings. The third-order valence-electron chi connectivity index (χ3n) is 15.3. The molecule has 0 N–H and O–H groups in total. The lowest BCUT2D eigenvalue weighted by molar-refractivity contribution is 0.483. The van der Waals surface area contributed by atoms with Gasteiger partial charge in [-0.1, -0.05) is 86.1 Å². The Morgan fingerprint density at radius 3 is 1.15 bits per heavy atom. The van der Waals surface area contributed by atoms with Gasteiger partial charge in [-0.3, -0.25) is 9.97 Å². The second-order valence-corrected chi connectivity index (χ2v) is 32.8. The molecule has 390 valence electrons. The van der Waals surface area contributed by atoms with Crippen LogP contribution in [0.5, 0.6) is 23.0 Å². The molecule has 12 nitrogen and oxygen atoms in total. The minimum Gasteiger partial charge on any atom is -0.457 e. The van der Waals surface area contributed by atoms with Crippen molar-refractivity contribution in [3.05, 3.63) is 195 Å². The zero-order valence-electron chi connectivity index (χ0n) is 48.1. The number of fused-ring (bicyclic) bond motifs is 4. The molecule has 0 aliphatic carbocycles. The largest absolute Gasteiger partial charge is 0.457 e. The van der Waals surface area contributed by atoms with Gasteiger partial charge in [-0.2, -0.15) is 0 Å². The van der Waals surface area contributed by atoms with Crippen molar-refractivity contribution >= 4 is 106 Å². The maximum atomic E-state index is 8.21. The van der Waals surface area contributed by atoms with Crippen LogP contribution in [0.25, 0.3) is 0 Å². The number of hydrogen-bond donors (Lipinski definition) is 0. The van der Waals surface area contributed by atoms with Crippen LogP contribution < -0.4 is 59.0 Å². The fourth-order valence-electron chi connectivity index (χ4n) is 11.1. The van der Waals surface area contributed by atoms with Crippen molar-refractivity contribution in [1.82, 2.24) is 9.97 Å². The Balaban J connectivity index is 0.762.